The molecule has 0 N–H and O–H groups in total. The number of ether oxygens (including phenoxy) is 1. The Morgan fingerprint density at radius 2 is 1.76 bits per heavy atom. The fourth-order valence-corrected chi connectivity index (χ4v) is 2.71. The Bertz CT molecular complexity index is 1250. The normalized spacial score (nSPS) is 10.8. The summed E-state index contributed by atoms with van der Waals surface area (Å²) in [5.74, 6) is -2.80. The molecule has 0 radical (unpaired) electrons. The number of nitro groups is 1. The van der Waals surface area contributed by atoms with Crippen LogP contribution < -0.4 is 4.74 Å². The molecule has 0 aliphatic heterocycles. The van der Waals surface area contributed by atoms with Crippen LogP contribution >= 0.6 is 0 Å². The number of carbonyl (C=O) groups excluding carboxylic acids is 1. The molecule has 2 heterocycles. The maximum absolute atomic E-state index is 13.2. The second kappa shape index (κ2) is 7.12. The number of nitrogens with zero attached hydrogens (tertiary/aromatic N) is 3. The van der Waals surface area contributed by atoms with Gasteiger partial charge in [0.05, 0.1) is 22.4 Å². The van der Waals surface area contributed by atoms with Crippen molar-refractivity contribution in [1.82, 2.24) is 9.38 Å². The van der Waals surface area contributed by atoms with Crippen molar-refractivity contribution in [2.45, 2.75) is 0 Å². The molecular weight excluding hydrogens is 384 g/mol. The first-order valence-electron chi connectivity index (χ1n) is 8.31. The second-order valence-electron chi connectivity index (χ2n) is 6.08. The fourth-order valence-electron chi connectivity index (χ4n) is 2.71. The lowest BCUT2D eigenvalue weighted by Gasteiger charge is -2.05. The molecule has 0 unspecified atom stereocenters. The number of pyridine rings is 1. The standard InChI is InChI=1S/C20H11F2N3O4/c21-16-7-3-13(9-17(16)22)20(26)29-15-5-1-12(2-6-15)18-11-24-10-14(25(27)28)4-8-19(24)23-18/h1-11H. The average molecular weight is 395 g/mol. The predicted molar refractivity (Wildman–Crippen MR) is 98.6 cm³/mol. The van der Waals surface area contributed by atoms with Crippen molar-refractivity contribution in [1.29, 1.82) is 0 Å². The Hall–Kier alpha value is -4.14. The fraction of sp³-hybridized carbons (Fsp3) is 0. The molecule has 0 fully saturated rings. The SMILES string of the molecule is O=C(Oc1ccc(-c2cn3cc([N+](=O)[O-])ccc3n2)cc1)c1ccc(F)c(F)c1. The first kappa shape index (κ1) is 18.2. The highest BCUT2D eigenvalue weighted by atomic mass is 19.2. The summed E-state index contributed by atoms with van der Waals surface area (Å²) in [4.78, 5) is 26.8. The lowest BCUT2D eigenvalue weighted by Crippen LogP contribution is -2.09. The van der Waals surface area contributed by atoms with E-state index < -0.39 is 22.5 Å². The van der Waals surface area contributed by atoms with Gasteiger partial charge in [-0.3, -0.25) is 14.5 Å². The summed E-state index contributed by atoms with van der Waals surface area (Å²) in [5.41, 5.74) is 1.64. The third-order valence-electron chi connectivity index (χ3n) is 4.16. The second-order valence-corrected chi connectivity index (χ2v) is 6.08. The molecule has 0 aliphatic rings. The van der Waals surface area contributed by atoms with Crippen molar-refractivity contribution in [3.8, 4) is 17.0 Å². The third kappa shape index (κ3) is 3.65. The smallest absolute Gasteiger partial charge is 0.343 e. The molecule has 29 heavy (non-hydrogen) atoms. The maximum atomic E-state index is 13.2. The van der Waals surface area contributed by atoms with Gasteiger partial charge in [0.1, 0.15) is 11.4 Å². The average Bonchev–Trinajstić information content (AvgIpc) is 3.13. The van der Waals surface area contributed by atoms with Crippen LogP contribution in [0.15, 0.2) is 67.0 Å². The van der Waals surface area contributed by atoms with Gasteiger partial charge in [-0.05, 0) is 48.5 Å². The molecule has 0 atom stereocenters. The van der Waals surface area contributed by atoms with Gasteiger partial charge in [0.15, 0.2) is 11.6 Å². The summed E-state index contributed by atoms with van der Waals surface area (Å²) in [6.07, 6.45) is 3.01. The van der Waals surface area contributed by atoms with Crippen LogP contribution in [-0.4, -0.2) is 20.3 Å². The highest BCUT2D eigenvalue weighted by Crippen LogP contribution is 2.24. The molecule has 7 nitrogen and oxygen atoms in total. The number of rotatable bonds is 4. The number of hydrogen-bond donors (Lipinski definition) is 0. The van der Waals surface area contributed by atoms with Gasteiger partial charge in [-0.1, -0.05) is 0 Å². The monoisotopic (exact) mass is 395 g/mol. The Balaban J connectivity index is 1.54. The highest BCUT2D eigenvalue weighted by molar-refractivity contribution is 5.91. The van der Waals surface area contributed by atoms with E-state index in [2.05, 4.69) is 4.98 Å². The number of benzene rings is 2. The molecule has 0 amide bonds. The van der Waals surface area contributed by atoms with Crippen LogP contribution in [-0.2, 0) is 0 Å². The topological polar surface area (TPSA) is 86.7 Å². The summed E-state index contributed by atoms with van der Waals surface area (Å²) in [6.45, 7) is 0. The van der Waals surface area contributed by atoms with Gasteiger partial charge in [0.2, 0.25) is 0 Å². The van der Waals surface area contributed by atoms with Gasteiger partial charge >= 0.3 is 5.97 Å². The minimum Gasteiger partial charge on any atom is -0.423 e. The number of aromatic nitrogens is 2. The van der Waals surface area contributed by atoms with E-state index in [-0.39, 0.29) is 17.0 Å². The lowest BCUT2D eigenvalue weighted by molar-refractivity contribution is -0.385. The van der Waals surface area contributed by atoms with Crippen molar-refractivity contribution in [2.24, 2.45) is 0 Å². The Labute approximate surface area is 162 Å². The number of fused-ring (bicyclic) bond motifs is 1. The Morgan fingerprint density at radius 3 is 2.45 bits per heavy atom. The molecular formula is C20H11F2N3O4. The van der Waals surface area contributed by atoms with Crippen LogP contribution in [0.25, 0.3) is 16.9 Å². The van der Waals surface area contributed by atoms with Gasteiger partial charge in [-0.2, -0.15) is 0 Å². The molecule has 144 valence electrons. The molecule has 0 bridgehead atoms. The van der Waals surface area contributed by atoms with Crippen LogP contribution in [0.2, 0.25) is 0 Å². The quantitative estimate of drug-likeness (QED) is 0.221. The third-order valence-corrected chi connectivity index (χ3v) is 4.16. The van der Waals surface area contributed by atoms with Crippen molar-refractivity contribution in [2.75, 3.05) is 0 Å². The van der Waals surface area contributed by atoms with Gasteiger partial charge in [-0.25, -0.2) is 18.6 Å². The number of hydrogen-bond acceptors (Lipinski definition) is 5. The summed E-state index contributed by atoms with van der Waals surface area (Å²) in [5, 5.41) is 10.9. The van der Waals surface area contributed by atoms with E-state index in [0.717, 1.165) is 18.2 Å². The Kier molecular flexibility index (Phi) is 4.47. The predicted octanol–water partition coefficient (Wildman–Crippen LogP) is 4.41. The number of halogens is 2. The zero-order valence-corrected chi connectivity index (χ0v) is 14.6. The molecule has 0 spiro atoms. The number of esters is 1. The first-order chi connectivity index (χ1) is 13.9. The zero-order chi connectivity index (χ0) is 20.5. The summed E-state index contributed by atoms with van der Waals surface area (Å²) in [6, 6.07) is 12.0. The van der Waals surface area contributed by atoms with E-state index >= 15 is 0 Å². The van der Waals surface area contributed by atoms with Gasteiger partial charge in [-0.15, -0.1) is 0 Å². The van der Waals surface area contributed by atoms with E-state index in [9.17, 15) is 23.7 Å². The molecule has 4 rings (SSSR count). The summed E-state index contributed by atoms with van der Waals surface area (Å²) in [7, 11) is 0. The maximum Gasteiger partial charge on any atom is 0.343 e. The largest absolute Gasteiger partial charge is 0.423 e. The van der Waals surface area contributed by atoms with Crippen molar-refractivity contribution >= 4 is 17.3 Å². The molecule has 0 saturated heterocycles. The van der Waals surface area contributed by atoms with Gasteiger partial charge < -0.3 is 4.74 Å². The van der Waals surface area contributed by atoms with Crippen molar-refractivity contribution in [3.63, 3.8) is 0 Å². The van der Waals surface area contributed by atoms with Crippen LogP contribution in [0.5, 0.6) is 5.75 Å². The van der Waals surface area contributed by atoms with Crippen molar-refractivity contribution in [3.05, 3.63) is 94.3 Å². The first-order valence-corrected chi connectivity index (χ1v) is 8.31. The minimum absolute atomic E-state index is 0.0547. The lowest BCUT2D eigenvalue weighted by atomic mass is 10.1. The van der Waals surface area contributed by atoms with Gasteiger partial charge in [0.25, 0.3) is 5.69 Å². The van der Waals surface area contributed by atoms with Crippen LogP contribution in [0.4, 0.5) is 14.5 Å². The van der Waals surface area contributed by atoms with E-state index in [1.54, 1.807) is 28.8 Å². The van der Waals surface area contributed by atoms with Crippen LogP contribution in [0, 0.1) is 21.7 Å². The summed E-state index contributed by atoms with van der Waals surface area (Å²) < 4.78 is 32.9. The molecule has 2 aromatic carbocycles. The van der Waals surface area contributed by atoms with E-state index in [0.29, 0.717) is 16.9 Å². The van der Waals surface area contributed by atoms with E-state index in [1.807, 2.05) is 0 Å². The highest BCUT2D eigenvalue weighted by Gasteiger charge is 2.13. The van der Waals surface area contributed by atoms with E-state index in [1.165, 1.54) is 24.4 Å². The minimum atomic E-state index is -1.14. The van der Waals surface area contributed by atoms with Crippen molar-refractivity contribution < 1.29 is 23.2 Å². The summed E-state index contributed by atoms with van der Waals surface area (Å²) >= 11 is 0. The molecule has 4 aromatic rings. The zero-order valence-electron chi connectivity index (χ0n) is 14.6. The van der Waals surface area contributed by atoms with Crippen LogP contribution in [0.3, 0.4) is 0 Å². The molecule has 9 heteroatoms. The number of imidazole rings is 1. The van der Waals surface area contributed by atoms with Crippen LogP contribution in [0.1, 0.15) is 10.4 Å². The number of carbonyl (C=O) groups is 1. The van der Waals surface area contributed by atoms with Gasteiger partial charge in [0, 0.05) is 17.8 Å². The Morgan fingerprint density at radius 1 is 1.00 bits per heavy atom. The molecule has 2 aromatic heterocycles. The molecule has 0 saturated carbocycles. The van der Waals surface area contributed by atoms with E-state index in [4.69, 9.17) is 4.74 Å². The molecule has 0 aliphatic carbocycles.